The minimum Gasteiger partial charge on any atom is -0.480 e. The summed E-state index contributed by atoms with van der Waals surface area (Å²) in [6.45, 7) is 2.51. The molecule has 0 bridgehead atoms. The molecule has 0 aliphatic heterocycles. The summed E-state index contributed by atoms with van der Waals surface area (Å²) >= 11 is 0. The van der Waals surface area contributed by atoms with E-state index in [2.05, 4.69) is 5.32 Å². The van der Waals surface area contributed by atoms with E-state index in [1.54, 1.807) is 0 Å². The number of ether oxygens (including phenoxy) is 1. The fourth-order valence-electron chi connectivity index (χ4n) is 2.46. The van der Waals surface area contributed by atoms with Crippen LogP contribution in [0.4, 0.5) is 0 Å². The molecule has 0 aromatic heterocycles. The van der Waals surface area contributed by atoms with Gasteiger partial charge in [0, 0.05) is 6.54 Å². The maximum Gasteiger partial charge on any atom is 0.329 e. The first-order chi connectivity index (χ1) is 8.50. The highest BCUT2D eigenvalue weighted by Crippen LogP contribution is 2.32. The van der Waals surface area contributed by atoms with Gasteiger partial charge in [0.2, 0.25) is 5.91 Å². The van der Waals surface area contributed by atoms with Crippen molar-refractivity contribution in [2.24, 2.45) is 11.7 Å². The zero-order valence-electron chi connectivity index (χ0n) is 10.8. The number of hydrogen-bond acceptors (Lipinski definition) is 4. The lowest BCUT2D eigenvalue weighted by atomic mass is 9.76. The van der Waals surface area contributed by atoms with Gasteiger partial charge in [0.15, 0.2) is 0 Å². The first-order valence-corrected chi connectivity index (χ1v) is 6.32. The van der Waals surface area contributed by atoms with Crippen LogP contribution < -0.4 is 11.1 Å². The van der Waals surface area contributed by atoms with E-state index in [9.17, 15) is 14.7 Å². The minimum absolute atomic E-state index is 0.138. The highest BCUT2D eigenvalue weighted by atomic mass is 16.5. The zero-order chi connectivity index (χ0) is 13.6. The normalized spacial score (nSPS) is 27.8. The molecule has 1 saturated carbocycles. The molecule has 2 atom stereocenters. The van der Waals surface area contributed by atoms with Crippen LogP contribution >= 0.6 is 0 Å². The van der Waals surface area contributed by atoms with Gasteiger partial charge in [0.1, 0.15) is 12.1 Å². The van der Waals surface area contributed by atoms with Gasteiger partial charge < -0.3 is 20.9 Å². The number of carbonyl (C=O) groups excluding carboxylic acids is 1. The number of rotatable bonds is 6. The molecule has 18 heavy (non-hydrogen) atoms. The van der Waals surface area contributed by atoms with Crippen molar-refractivity contribution in [1.29, 1.82) is 0 Å². The van der Waals surface area contributed by atoms with E-state index < -0.39 is 11.5 Å². The Labute approximate surface area is 107 Å². The van der Waals surface area contributed by atoms with Gasteiger partial charge in [0.25, 0.3) is 0 Å². The topological polar surface area (TPSA) is 102 Å². The molecule has 2 unspecified atom stereocenters. The van der Waals surface area contributed by atoms with E-state index in [1.165, 1.54) is 0 Å². The van der Waals surface area contributed by atoms with E-state index in [0.29, 0.717) is 31.9 Å². The largest absolute Gasteiger partial charge is 0.480 e. The van der Waals surface area contributed by atoms with Crippen LogP contribution in [0.3, 0.4) is 0 Å². The van der Waals surface area contributed by atoms with Gasteiger partial charge in [-0.25, -0.2) is 4.79 Å². The Morgan fingerprint density at radius 1 is 1.56 bits per heavy atom. The fraction of sp³-hybridized carbons (Fsp3) is 0.833. The molecular weight excluding hydrogens is 236 g/mol. The Morgan fingerprint density at radius 3 is 2.83 bits per heavy atom. The Bertz CT molecular complexity index is 308. The zero-order valence-corrected chi connectivity index (χ0v) is 10.8. The molecule has 0 aromatic rings. The first kappa shape index (κ1) is 14.9. The maximum atomic E-state index is 11.7. The van der Waals surface area contributed by atoms with Crippen LogP contribution in [-0.4, -0.2) is 42.3 Å². The third-order valence-corrected chi connectivity index (χ3v) is 3.28. The number of nitrogens with two attached hydrogens (primary N) is 1. The second-order valence-corrected chi connectivity index (χ2v) is 4.98. The molecule has 6 nitrogen and oxygen atoms in total. The number of hydrogen-bond donors (Lipinski definition) is 3. The average Bonchev–Trinajstić information content (AvgIpc) is 2.29. The van der Waals surface area contributed by atoms with E-state index in [4.69, 9.17) is 10.5 Å². The van der Waals surface area contributed by atoms with Gasteiger partial charge in [-0.3, -0.25) is 4.79 Å². The van der Waals surface area contributed by atoms with E-state index in [1.807, 2.05) is 6.92 Å². The molecule has 1 aliphatic carbocycles. The Balaban J connectivity index is 2.57. The molecule has 1 amide bonds. The van der Waals surface area contributed by atoms with Crippen LogP contribution in [0.2, 0.25) is 0 Å². The minimum atomic E-state index is -1.12. The first-order valence-electron chi connectivity index (χ1n) is 6.32. The molecule has 0 saturated heterocycles. The van der Waals surface area contributed by atoms with Crippen molar-refractivity contribution in [3.8, 4) is 0 Å². The monoisotopic (exact) mass is 258 g/mol. The molecule has 6 heteroatoms. The highest BCUT2D eigenvalue weighted by molar-refractivity contribution is 5.87. The van der Waals surface area contributed by atoms with Crippen molar-refractivity contribution in [2.75, 3.05) is 19.8 Å². The van der Waals surface area contributed by atoms with Gasteiger partial charge in [-0.15, -0.1) is 0 Å². The summed E-state index contributed by atoms with van der Waals surface area (Å²) in [5.41, 5.74) is 4.12. The van der Waals surface area contributed by atoms with Crippen molar-refractivity contribution < 1.29 is 19.4 Å². The summed E-state index contributed by atoms with van der Waals surface area (Å²) in [4.78, 5) is 23.1. The lowest BCUT2D eigenvalue weighted by Gasteiger charge is -2.37. The van der Waals surface area contributed by atoms with Gasteiger partial charge in [-0.2, -0.15) is 0 Å². The molecule has 0 spiro atoms. The van der Waals surface area contributed by atoms with Crippen molar-refractivity contribution in [1.82, 2.24) is 5.32 Å². The number of amides is 1. The number of carbonyl (C=O) groups is 2. The molecule has 1 aliphatic rings. The number of carboxylic acid groups (broad SMARTS) is 1. The third-order valence-electron chi connectivity index (χ3n) is 3.28. The molecular formula is C12H22N2O4. The van der Waals surface area contributed by atoms with E-state index in [-0.39, 0.29) is 12.5 Å². The van der Waals surface area contributed by atoms with Crippen molar-refractivity contribution in [2.45, 2.75) is 38.1 Å². The summed E-state index contributed by atoms with van der Waals surface area (Å²) in [6.07, 6.45) is 2.78. The SMILES string of the molecule is CC1CCCC(NC(=O)COCCN)(C(=O)O)C1. The second-order valence-electron chi connectivity index (χ2n) is 4.98. The molecule has 4 N–H and O–H groups in total. The number of nitrogens with one attached hydrogen (secondary N) is 1. The van der Waals surface area contributed by atoms with Crippen LogP contribution in [0.1, 0.15) is 32.6 Å². The summed E-state index contributed by atoms with van der Waals surface area (Å²) in [5.74, 6) is -1.04. The number of carboxylic acids is 1. The summed E-state index contributed by atoms with van der Waals surface area (Å²) < 4.78 is 5.01. The van der Waals surface area contributed by atoms with Crippen LogP contribution in [0.25, 0.3) is 0 Å². The Hall–Kier alpha value is -1.14. The maximum absolute atomic E-state index is 11.7. The standard InChI is InChI=1S/C12H22N2O4/c1-9-3-2-4-12(7-9,11(16)17)14-10(15)8-18-6-5-13/h9H,2-8,13H2,1H3,(H,14,15)(H,16,17). The lowest BCUT2D eigenvalue weighted by Crippen LogP contribution is -2.57. The average molecular weight is 258 g/mol. The van der Waals surface area contributed by atoms with E-state index >= 15 is 0 Å². The van der Waals surface area contributed by atoms with Gasteiger partial charge >= 0.3 is 5.97 Å². The van der Waals surface area contributed by atoms with Crippen LogP contribution in [0, 0.1) is 5.92 Å². The number of aliphatic carboxylic acids is 1. The fourth-order valence-corrected chi connectivity index (χ4v) is 2.46. The molecule has 0 heterocycles. The van der Waals surface area contributed by atoms with Gasteiger partial charge in [-0.1, -0.05) is 19.8 Å². The van der Waals surface area contributed by atoms with Crippen LogP contribution in [-0.2, 0) is 14.3 Å². The smallest absolute Gasteiger partial charge is 0.329 e. The second kappa shape index (κ2) is 6.70. The van der Waals surface area contributed by atoms with Crippen LogP contribution in [0.5, 0.6) is 0 Å². The molecule has 104 valence electrons. The lowest BCUT2D eigenvalue weighted by molar-refractivity contribution is -0.150. The molecule has 1 fully saturated rings. The van der Waals surface area contributed by atoms with Crippen molar-refractivity contribution in [3.63, 3.8) is 0 Å². The Morgan fingerprint density at radius 2 is 2.28 bits per heavy atom. The summed E-state index contributed by atoms with van der Waals surface area (Å²) in [5, 5.41) is 12.0. The summed E-state index contributed by atoms with van der Waals surface area (Å²) in [6, 6.07) is 0. The van der Waals surface area contributed by atoms with Crippen molar-refractivity contribution >= 4 is 11.9 Å². The molecule has 0 radical (unpaired) electrons. The van der Waals surface area contributed by atoms with E-state index in [0.717, 1.165) is 12.8 Å². The molecule has 0 aromatic carbocycles. The van der Waals surface area contributed by atoms with Crippen LogP contribution in [0.15, 0.2) is 0 Å². The Kier molecular flexibility index (Phi) is 5.55. The highest BCUT2D eigenvalue weighted by Gasteiger charge is 2.43. The predicted molar refractivity (Wildman–Crippen MR) is 66.0 cm³/mol. The van der Waals surface area contributed by atoms with Gasteiger partial charge in [-0.05, 0) is 18.8 Å². The third kappa shape index (κ3) is 3.96. The van der Waals surface area contributed by atoms with Crippen molar-refractivity contribution in [3.05, 3.63) is 0 Å². The summed E-state index contributed by atoms with van der Waals surface area (Å²) in [7, 11) is 0. The van der Waals surface area contributed by atoms with Gasteiger partial charge in [0.05, 0.1) is 6.61 Å². The molecule has 1 rings (SSSR count). The quantitative estimate of drug-likeness (QED) is 0.587. The predicted octanol–water partition coefficient (Wildman–Crippen LogP) is 0.111.